The average Bonchev–Trinajstić information content (AvgIpc) is 2.63. The molecule has 5 heteroatoms. The van der Waals surface area contributed by atoms with E-state index in [1.165, 1.54) is 0 Å². The third kappa shape index (κ3) is 3.12. The molecule has 0 bridgehead atoms. The quantitative estimate of drug-likeness (QED) is 0.292. The molecular formula is C20H13ClO4. The summed E-state index contributed by atoms with van der Waals surface area (Å²) in [6, 6.07) is 12.2. The van der Waals surface area contributed by atoms with E-state index in [0.29, 0.717) is 38.1 Å². The van der Waals surface area contributed by atoms with Crippen LogP contribution in [0.2, 0.25) is 5.02 Å². The lowest BCUT2D eigenvalue weighted by Crippen LogP contribution is -2.07. The summed E-state index contributed by atoms with van der Waals surface area (Å²) in [5.41, 5.74) is 0. The van der Waals surface area contributed by atoms with Crippen molar-refractivity contribution in [1.29, 1.82) is 0 Å². The molecule has 3 aromatic carbocycles. The average molecular weight is 353 g/mol. The topological polar surface area (TPSA) is 52.6 Å². The maximum Gasteiger partial charge on any atom is 0.335 e. The van der Waals surface area contributed by atoms with E-state index in [0.717, 1.165) is 12.2 Å². The largest absolute Gasteiger partial charge is 0.422 e. The molecule has 0 aliphatic carbocycles. The standard InChI is InChI=1S/C20H13ClO4/c1-3-17(22)24-19-13-7-5-6-8-14(13)20(25-18(23)4-2)16-11-12(21)9-10-15(16)19/h3-11H,1-2H2. The molecule has 0 aliphatic rings. The fourth-order valence-electron chi connectivity index (χ4n) is 2.58. The number of esters is 2. The predicted octanol–water partition coefficient (Wildman–Crippen LogP) is 4.83. The van der Waals surface area contributed by atoms with E-state index >= 15 is 0 Å². The zero-order valence-corrected chi connectivity index (χ0v) is 13.9. The molecule has 0 radical (unpaired) electrons. The van der Waals surface area contributed by atoms with Crippen LogP contribution in [0.1, 0.15) is 0 Å². The molecular weight excluding hydrogens is 340 g/mol. The predicted molar refractivity (Wildman–Crippen MR) is 98.1 cm³/mol. The Labute approximate surface area is 148 Å². The number of carbonyl (C=O) groups excluding carboxylic acids is 2. The number of benzene rings is 3. The first-order valence-electron chi connectivity index (χ1n) is 7.37. The van der Waals surface area contributed by atoms with E-state index in [9.17, 15) is 9.59 Å². The van der Waals surface area contributed by atoms with Gasteiger partial charge >= 0.3 is 11.9 Å². The van der Waals surface area contributed by atoms with Crippen molar-refractivity contribution in [2.24, 2.45) is 0 Å². The molecule has 0 atom stereocenters. The van der Waals surface area contributed by atoms with Gasteiger partial charge in [-0.25, -0.2) is 9.59 Å². The van der Waals surface area contributed by atoms with Crippen LogP contribution in [0.3, 0.4) is 0 Å². The lowest BCUT2D eigenvalue weighted by molar-refractivity contribution is -0.129. The van der Waals surface area contributed by atoms with Gasteiger partial charge in [-0.2, -0.15) is 0 Å². The minimum atomic E-state index is -0.595. The van der Waals surface area contributed by atoms with E-state index in [4.69, 9.17) is 21.1 Å². The molecule has 0 heterocycles. The van der Waals surface area contributed by atoms with Gasteiger partial charge in [0, 0.05) is 38.7 Å². The molecule has 25 heavy (non-hydrogen) atoms. The summed E-state index contributed by atoms with van der Waals surface area (Å²) in [6.45, 7) is 6.84. The SMILES string of the molecule is C=CC(=O)Oc1c2ccccc2c(OC(=O)C=C)c2cc(Cl)ccc12. The first kappa shape index (κ1) is 16.7. The first-order valence-corrected chi connectivity index (χ1v) is 7.75. The fraction of sp³-hybridized carbons (Fsp3) is 0. The lowest BCUT2D eigenvalue weighted by Gasteiger charge is -2.15. The Morgan fingerprint density at radius 3 is 1.80 bits per heavy atom. The van der Waals surface area contributed by atoms with Gasteiger partial charge in [0.05, 0.1) is 0 Å². The van der Waals surface area contributed by atoms with Gasteiger partial charge in [0.1, 0.15) is 11.5 Å². The van der Waals surface area contributed by atoms with Gasteiger partial charge in [-0.3, -0.25) is 0 Å². The molecule has 0 spiro atoms. The van der Waals surface area contributed by atoms with Crippen molar-refractivity contribution >= 4 is 45.1 Å². The Morgan fingerprint density at radius 1 is 0.800 bits per heavy atom. The lowest BCUT2D eigenvalue weighted by atomic mass is 10.0. The number of hydrogen-bond acceptors (Lipinski definition) is 4. The van der Waals surface area contributed by atoms with E-state index in [-0.39, 0.29) is 0 Å². The highest BCUT2D eigenvalue weighted by Gasteiger charge is 2.19. The zero-order valence-electron chi connectivity index (χ0n) is 13.1. The number of rotatable bonds is 4. The molecule has 0 amide bonds. The van der Waals surface area contributed by atoms with Gasteiger partial charge in [-0.15, -0.1) is 0 Å². The van der Waals surface area contributed by atoms with Crippen LogP contribution in [0.25, 0.3) is 21.5 Å². The molecule has 3 aromatic rings. The monoisotopic (exact) mass is 352 g/mol. The third-order valence-corrected chi connectivity index (χ3v) is 3.86. The minimum Gasteiger partial charge on any atom is -0.422 e. The molecule has 0 aliphatic heterocycles. The molecule has 0 fully saturated rings. The third-order valence-electron chi connectivity index (χ3n) is 3.63. The maximum absolute atomic E-state index is 11.8. The fourth-order valence-corrected chi connectivity index (χ4v) is 2.75. The van der Waals surface area contributed by atoms with Crippen molar-refractivity contribution in [3.05, 3.63) is 72.8 Å². The Kier molecular flexibility index (Phi) is 4.55. The van der Waals surface area contributed by atoms with Crippen LogP contribution in [0, 0.1) is 0 Å². The summed E-state index contributed by atoms with van der Waals surface area (Å²) in [5, 5.41) is 2.83. The summed E-state index contributed by atoms with van der Waals surface area (Å²) < 4.78 is 10.9. The van der Waals surface area contributed by atoms with E-state index < -0.39 is 11.9 Å². The van der Waals surface area contributed by atoms with E-state index in [1.54, 1.807) is 42.5 Å². The summed E-state index contributed by atoms with van der Waals surface area (Å²) in [7, 11) is 0. The molecule has 0 unspecified atom stereocenters. The van der Waals surface area contributed by atoms with Crippen LogP contribution in [0.15, 0.2) is 67.8 Å². The highest BCUT2D eigenvalue weighted by molar-refractivity contribution is 6.31. The minimum absolute atomic E-state index is 0.330. The second-order valence-corrected chi connectivity index (χ2v) is 5.58. The number of halogens is 1. The first-order chi connectivity index (χ1) is 12.0. The molecule has 0 aromatic heterocycles. The van der Waals surface area contributed by atoms with Crippen molar-refractivity contribution in [1.82, 2.24) is 0 Å². The normalized spacial score (nSPS) is 10.4. The highest BCUT2D eigenvalue weighted by Crippen LogP contribution is 2.43. The van der Waals surface area contributed by atoms with Gasteiger partial charge in [-0.05, 0) is 18.2 Å². The smallest absolute Gasteiger partial charge is 0.335 e. The number of fused-ring (bicyclic) bond motifs is 2. The zero-order chi connectivity index (χ0) is 18.0. The molecule has 4 nitrogen and oxygen atoms in total. The Bertz CT molecular complexity index is 1040. The summed E-state index contributed by atoms with van der Waals surface area (Å²) >= 11 is 6.11. The van der Waals surface area contributed by atoms with Crippen molar-refractivity contribution in [2.75, 3.05) is 0 Å². The van der Waals surface area contributed by atoms with Crippen LogP contribution in [0.5, 0.6) is 11.5 Å². The highest BCUT2D eigenvalue weighted by atomic mass is 35.5. The number of hydrogen-bond donors (Lipinski definition) is 0. The summed E-state index contributed by atoms with van der Waals surface area (Å²) in [6.07, 6.45) is 2.17. The maximum atomic E-state index is 11.8. The summed E-state index contributed by atoms with van der Waals surface area (Å²) in [4.78, 5) is 23.6. The van der Waals surface area contributed by atoms with Gasteiger partial charge in [0.25, 0.3) is 0 Å². The van der Waals surface area contributed by atoms with Crippen molar-refractivity contribution in [2.45, 2.75) is 0 Å². The van der Waals surface area contributed by atoms with Crippen LogP contribution in [0.4, 0.5) is 0 Å². The second kappa shape index (κ2) is 6.79. The Hall–Kier alpha value is -3.11. The van der Waals surface area contributed by atoms with Crippen molar-refractivity contribution in [3.8, 4) is 11.5 Å². The molecule has 0 saturated carbocycles. The molecule has 0 saturated heterocycles. The van der Waals surface area contributed by atoms with E-state index in [1.807, 2.05) is 0 Å². The van der Waals surface area contributed by atoms with Gasteiger partial charge in [0.15, 0.2) is 0 Å². The van der Waals surface area contributed by atoms with Crippen molar-refractivity contribution < 1.29 is 19.1 Å². The van der Waals surface area contributed by atoms with Crippen LogP contribution < -0.4 is 9.47 Å². The van der Waals surface area contributed by atoms with Gasteiger partial charge in [-0.1, -0.05) is 49.0 Å². The number of carbonyl (C=O) groups is 2. The number of ether oxygens (including phenoxy) is 2. The molecule has 124 valence electrons. The van der Waals surface area contributed by atoms with Crippen molar-refractivity contribution in [3.63, 3.8) is 0 Å². The van der Waals surface area contributed by atoms with Gasteiger partial charge in [0.2, 0.25) is 0 Å². The van der Waals surface area contributed by atoms with Crippen LogP contribution >= 0.6 is 11.6 Å². The van der Waals surface area contributed by atoms with Crippen LogP contribution in [-0.4, -0.2) is 11.9 Å². The Balaban J connectivity index is 2.44. The van der Waals surface area contributed by atoms with Gasteiger partial charge < -0.3 is 9.47 Å². The molecule has 3 rings (SSSR count). The van der Waals surface area contributed by atoms with E-state index in [2.05, 4.69) is 13.2 Å². The van der Waals surface area contributed by atoms with Crippen LogP contribution in [-0.2, 0) is 9.59 Å². The summed E-state index contributed by atoms with van der Waals surface area (Å²) in [5.74, 6) is -0.499. The Morgan fingerprint density at radius 2 is 1.28 bits per heavy atom. The molecule has 0 N–H and O–H groups in total. The second-order valence-electron chi connectivity index (χ2n) is 5.14.